The van der Waals surface area contributed by atoms with Gasteiger partial charge in [0.25, 0.3) is 0 Å². The predicted molar refractivity (Wildman–Crippen MR) is 83.3 cm³/mol. The maximum atomic E-state index is 9.68. The highest BCUT2D eigenvalue weighted by Gasteiger charge is 2.24. The summed E-state index contributed by atoms with van der Waals surface area (Å²) in [5, 5.41) is 14.1. The average Bonchev–Trinajstić information content (AvgIpc) is 2.71. The molecule has 0 bridgehead atoms. The molecule has 0 radical (unpaired) electrons. The van der Waals surface area contributed by atoms with E-state index in [-0.39, 0.29) is 6.10 Å². The minimum absolute atomic E-state index is 0.196. The zero-order chi connectivity index (χ0) is 15.4. The van der Waals surface area contributed by atoms with E-state index in [1.54, 1.807) is 10.8 Å². The number of aliphatic hydroxyl groups is 1. The van der Waals surface area contributed by atoms with Gasteiger partial charge in [-0.3, -0.25) is 4.90 Å². The molecule has 0 spiro atoms. The van der Waals surface area contributed by atoms with Crippen LogP contribution in [0.1, 0.15) is 31.0 Å². The van der Waals surface area contributed by atoms with Gasteiger partial charge in [-0.2, -0.15) is 5.10 Å². The third-order valence-corrected chi connectivity index (χ3v) is 4.32. The fourth-order valence-corrected chi connectivity index (χ4v) is 3.00. The van der Waals surface area contributed by atoms with Gasteiger partial charge in [-0.15, -0.1) is 0 Å². The molecule has 1 aromatic rings. The number of rotatable bonds is 6. The summed E-state index contributed by atoms with van der Waals surface area (Å²) in [5.74, 6) is 1.28. The van der Waals surface area contributed by atoms with Gasteiger partial charge in [0.05, 0.1) is 17.4 Å². The first-order valence-electron chi connectivity index (χ1n) is 7.69. The Hall–Kier alpha value is -1.33. The lowest BCUT2D eigenvalue weighted by atomic mass is 9.92. The second-order valence-electron chi connectivity index (χ2n) is 5.95. The van der Waals surface area contributed by atoms with E-state index >= 15 is 0 Å². The first-order chi connectivity index (χ1) is 10.0. The highest BCUT2D eigenvalue weighted by atomic mass is 16.5. The van der Waals surface area contributed by atoms with Crippen molar-refractivity contribution in [3.63, 3.8) is 0 Å². The number of hydrogen-bond acceptors (Lipinski definition) is 4. The SMILES string of the molecule is C=CCOc1c(CN2CCC(C(C)O)CC2)c(C)nn1C. The summed E-state index contributed by atoms with van der Waals surface area (Å²) in [6, 6.07) is 0. The maximum Gasteiger partial charge on any atom is 0.216 e. The van der Waals surface area contributed by atoms with Gasteiger partial charge in [0, 0.05) is 13.6 Å². The standard InChI is InChI=1S/C16H27N3O2/c1-5-10-21-16-15(12(2)17-18(16)4)11-19-8-6-14(7-9-19)13(3)20/h5,13-14,20H,1,6-11H2,2-4H3. The van der Waals surface area contributed by atoms with Gasteiger partial charge < -0.3 is 9.84 Å². The number of ether oxygens (including phenoxy) is 1. The van der Waals surface area contributed by atoms with Crippen molar-refractivity contribution in [2.45, 2.75) is 39.3 Å². The quantitative estimate of drug-likeness (QED) is 0.814. The van der Waals surface area contributed by atoms with E-state index < -0.39 is 0 Å². The van der Waals surface area contributed by atoms with Gasteiger partial charge in [-0.1, -0.05) is 12.7 Å². The van der Waals surface area contributed by atoms with Crippen LogP contribution in [-0.4, -0.2) is 45.6 Å². The van der Waals surface area contributed by atoms with Crippen molar-refractivity contribution in [3.05, 3.63) is 23.9 Å². The predicted octanol–water partition coefficient (Wildman–Crippen LogP) is 1.89. The van der Waals surface area contributed by atoms with E-state index in [9.17, 15) is 5.11 Å². The third kappa shape index (κ3) is 3.86. The summed E-state index contributed by atoms with van der Waals surface area (Å²) in [6.07, 6.45) is 3.67. The topological polar surface area (TPSA) is 50.5 Å². The molecule has 1 aliphatic heterocycles. The van der Waals surface area contributed by atoms with Crippen LogP contribution in [0, 0.1) is 12.8 Å². The van der Waals surface area contributed by atoms with E-state index in [1.807, 2.05) is 20.9 Å². The molecule has 0 aromatic carbocycles. The lowest BCUT2D eigenvalue weighted by Gasteiger charge is -2.33. The highest BCUT2D eigenvalue weighted by molar-refractivity contribution is 5.31. The van der Waals surface area contributed by atoms with Crippen molar-refractivity contribution in [1.29, 1.82) is 0 Å². The Morgan fingerprint density at radius 3 is 2.71 bits per heavy atom. The van der Waals surface area contributed by atoms with E-state index in [0.29, 0.717) is 12.5 Å². The Morgan fingerprint density at radius 2 is 2.14 bits per heavy atom. The molecule has 0 amide bonds. The molecule has 2 heterocycles. The summed E-state index contributed by atoms with van der Waals surface area (Å²) in [6.45, 7) is 11.0. The van der Waals surface area contributed by atoms with Crippen molar-refractivity contribution < 1.29 is 9.84 Å². The van der Waals surface area contributed by atoms with Crippen molar-refractivity contribution in [2.75, 3.05) is 19.7 Å². The molecule has 1 saturated heterocycles. The summed E-state index contributed by atoms with van der Waals surface area (Å²) in [5.41, 5.74) is 2.18. The summed E-state index contributed by atoms with van der Waals surface area (Å²) in [4.78, 5) is 2.42. The Labute approximate surface area is 127 Å². The Bertz CT molecular complexity index is 474. The molecule has 1 atom stereocenters. The van der Waals surface area contributed by atoms with Gasteiger partial charge in [-0.05, 0) is 45.7 Å². The van der Waals surface area contributed by atoms with E-state index in [4.69, 9.17) is 4.74 Å². The lowest BCUT2D eigenvalue weighted by Crippen LogP contribution is -2.36. The number of likely N-dealkylation sites (tertiary alicyclic amines) is 1. The molecule has 1 fully saturated rings. The van der Waals surface area contributed by atoms with E-state index in [1.165, 1.54) is 0 Å². The second kappa shape index (κ2) is 7.09. The van der Waals surface area contributed by atoms with Crippen molar-refractivity contribution in [2.24, 2.45) is 13.0 Å². The van der Waals surface area contributed by atoms with Crippen LogP contribution in [0.3, 0.4) is 0 Å². The molecule has 1 unspecified atom stereocenters. The van der Waals surface area contributed by atoms with Crippen LogP contribution in [0.5, 0.6) is 5.88 Å². The molecule has 5 heteroatoms. The van der Waals surface area contributed by atoms with Gasteiger partial charge in [0.1, 0.15) is 6.61 Å². The first kappa shape index (κ1) is 16.0. The molecular formula is C16H27N3O2. The van der Waals surface area contributed by atoms with Crippen LogP contribution in [0.2, 0.25) is 0 Å². The van der Waals surface area contributed by atoms with Gasteiger partial charge in [0.2, 0.25) is 5.88 Å². The Kier molecular flexibility index (Phi) is 5.42. The molecular weight excluding hydrogens is 266 g/mol. The summed E-state index contributed by atoms with van der Waals surface area (Å²) >= 11 is 0. The number of hydrogen-bond donors (Lipinski definition) is 1. The van der Waals surface area contributed by atoms with E-state index in [2.05, 4.69) is 16.6 Å². The molecule has 2 rings (SSSR count). The van der Waals surface area contributed by atoms with Crippen molar-refractivity contribution in [3.8, 4) is 5.88 Å². The zero-order valence-electron chi connectivity index (χ0n) is 13.4. The molecule has 21 heavy (non-hydrogen) atoms. The van der Waals surface area contributed by atoms with Crippen molar-refractivity contribution in [1.82, 2.24) is 14.7 Å². The van der Waals surface area contributed by atoms with Crippen LogP contribution >= 0.6 is 0 Å². The molecule has 1 N–H and O–H groups in total. The molecule has 118 valence electrons. The molecule has 1 aliphatic rings. The molecule has 0 aliphatic carbocycles. The van der Waals surface area contributed by atoms with Crippen LogP contribution in [0.15, 0.2) is 12.7 Å². The maximum absolute atomic E-state index is 9.68. The summed E-state index contributed by atoms with van der Waals surface area (Å²) in [7, 11) is 1.91. The van der Waals surface area contributed by atoms with Crippen LogP contribution in [0.25, 0.3) is 0 Å². The van der Waals surface area contributed by atoms with Crippen LogP contribution in [-0.2, 0) is 13.6 Å². The number of nitrogens with zero attached hydrogens (tertiary/aromatic N) is 3. The van der Waals surface area contributed by atoms with Gasteiger partial charge >= 0.3 is 0 Å². The minimum Gasteiger partial charge on any atom is -0.473 e. The van der Waals surface area contributed by atoms with Gasteiger partial charge in [0.15, 0.2) is 0 Å². The smallest absolute Gasteiger partial charge is 0.216 e. The molecule has 1 aromatic heterocycles. The van der Waals surface area contributed by atoms with Crippen LogP contribution < -0.4 is 4.74 Å². The number of piperidine rings is 1. The lowest BCUT2D eigenvalue weighted by molar-refractivity contribution is 0.0691. The van der Waals surface area contributed by atoms with Crippen LogP contribution in [0.4, 0.5) is 0 Å². The fraction of sp³-hybridized carbons (Fsp3) is 0.688. The number of aryl methyl sites for hydroxylation is 2. The summed E-state index contributed by atoms with van der Waals surface area (Å²) < 4.78 is 7.56. The average molecular weight is 293 g/mol. The Balaban J connectivity index is 2.01. The highest BCUT2D eigenvalue weighted by Crippen LogP contribution is 2.26. The monoisotopic (exact) mass is 293 g/mol. The first-order valence-corrected chi connectivity index (χ1v) is 7.69. The largest absolute Gasteiger partial charge is 0.473 e. The van der Waals surface area contributed by atoms with E-state index in [0.717, 1.165) is 49.6 Å². The normalized spacial score (nSPS) is 18.7. The zero-order valence-corrected chi connectivity index (χ0v) is 13.4. The van der Waals surface area contributed by atoms with Crippen molar-refractivity contribution >= 4 is 0 Å². The third-order valence-electron chi connectivity index (χ3n) is 4.32. The van der Waals surface area contributed by atoms with Gasteiger partial charge in [-0.25, -0.2) is 4.68 Å². The molecule has 5 nitrogen and oxygen atoms in total. The number of aromatic nitrogens is 2. The Morgan fingerprint density at radius 1 is 1.48 bits per heavy atom. The number of aliphatic hydroxyl groups excluding tert-OH is 1. The minimum atomic E-state index is -0.196. The fourth-order valence-electron chi connectivity index (χ4n) is 3.00. The molecule has 0 saturated carbocycles. The second-order valence-corrected chi connectivity index (χ2v) is 5.95.